The summed E-state index contributed by atoms with van der Waals surface area (Å²) >= 11 is 0. The van der Waals surface area contributed by atoms with Crippen molar-refractivity contribution in [2.45, 2.75) is 6.54 Å². The molecule has 3 rings (SSSR count). The smallest absolute Gasteiger partial charge is 0.261 e. The average Bonchev–Trinajstić information content (AvgIpc) is 2.71. The quantitative estimate of drug-likeness (QED) is 0.882. The monoisotopic (exact) mass is 284 g/mol. The number of fused-ring (bicyclic) bond motifs is 1. The van der Waals surface area contributed by atoms with Gasteiger partial charge in [-0.25, -0.2) is 4.39 Å². The van der Waals surface area contributed by atoms with Crippen LogP contribution in [0.4, 0.5) is 10.1 Å². The van der Waals surface area contributed by atoms with Gasteiger partial charge in [0.05, 0.1) is 11.1 Å². The lowest BCUT2D eigenvalue weighted by molar-refractivity contribution is 0.0693. The van der Waals surface area contributed by atoms with Gasteiger partial charge in [0.1, 0.15) is 5.82 Å². The van der Waals surface area contributed by atoms with E-state index in [1.807, 2.05) is 0 Å². The molecule has 0 bridgehead atoms. The van der Waals surface area contributed by atoms with E-state index in [0.29, 0.717) is 28.9 Å². The summed E-state index contributed by atoms with van der Waals surface area (Å²) in [5, 5.41) is 3.06. The summed E-state index contributed by atoms with van der Waals surface area (Å²) in [4.78, 5) is 24.8. The number of hydrogen-bond donors (Lipinski definition) is 1. The van der Waals surface area contributed by atoms with Crippen LogP contribution in [0.2, 0.25) is 0 Å². The van der Waals surface area contributed by atoms with Gasteiger partial charge in [0.2, 0.25) is 0 Å². The summed E-state index contributed by atoms with van der Waals surface area (Å²) in [5.41, 5.74) is 1.99. The molecule has 0 fully saturated rings. The van der Waals surface area contributed by atoms with Crippen LogP contribution in [0.25, 0.3) is 0 Å². The Morgan fingerprint density at radius 1 is 1.05 bits per heavy atom. The molecule has 0 unspecified atom stereocenters. The van der Waals surface area contributed by atoms with Crippen LogP contribution >= 0.6 is 0 Å². The second kappa shape index (κ2) is 5.01. The van der Waals surface area contributed by atoms with Gasteiger partial charge in [0.15, 0.2) is 0 Å². The van der Waals surface area contributed by atoms with Crippen LogP contribution in [0.1, 0.15) is 26.3 Å². The zero-order chi connectivity index (χ0) is 15.0. The predicted molar refractivity (Wildman–Crippen MR) is 76.6 cm³/mol. The third-order valence-electron chi connectivity index (χ3n) is 3.53. The molecule has 1 heterocycles. The number of imide groups is 1. The van der Waals surface area contributed by atoms with Crippen LogP contribution in [0.3, 0.4) is 0 Å². The summed E-state index contributed by atoms with van der Waals surface area (Å²) in [6.07, 6.45) is 0. The van der Waals surface area contributed by atoms with Crippen LogP contribution < -0.4 is 5.32 Å². The highest BCUT2D eigenvalue weighted by Gasteiger charge is 2.32. The maximum atomic E-state index is 13.5. The fourth-order valence-corrected chi connectivity index (χ4v) is 2.31. The second-order valence-electron chi connectivity index (χ2n) is 4.87. The summed E-state index contributed by atoms with van der Waals surface area (Å²) in [5.74, 6) is -0.891. The van der Waals surface area contributed by atoms with Crippen molar-refractivity contribution in [3.05, 3.63) is 65.0 Å². The molecule has 2 aromatic rings. The molecular formula is C16H13FN2O2. The average molecular weight is 284 g/mol. The maximum Gasteiger partial charge on any atom is 0.261 e. The minimum absolute atomic E-state index is 0.280. The molecule has 2 amide bonds. The number of carbonyl (C=O) groups excluding carboxylic acids is 2. The fraction of sp³-hybridized carbons (Fsp3) is 0.125. The van der Waals surface area contributed by atoms with Gasteiger partial charge < -0.3 is 5.32 Å². The van der Waals surface area contributed by atoms with Crippen LogP contribution in [-0.4, -0.2) is 23.8 Å². The number of hydrogen-bond acceptors (Lipinski definition) is 3. The van der Waals surface area contributed by atoms with Gasteiger partial charge >= 0.3 is 0 Å². The number of benzene rings is 2. The van der Waals surface area contributed by atoms with E-state index < -0.39 is 0 Å². The first-order valence-corrected chi connectivity index (χ1v) is 6.51. The Morgan fingerprint density at radius 2 is 1.76 bits per heavy atom. The Labute approximate surface area is 121 Å². The van der Waals surface area contributed by atoms with Crippen LogP contribution in [0.15, 0.2) is 42.5 Å². The van der Waals surface area contributed by atoms with Gasteiger partial charge in [-0.05, 0) is 24.3 Å². The lowest BCUT2D eigenvalue weighted by Gasteiger charge is -2.08. The molecule has 0 saturated heterocycles. The summed E-state index contributed by atoms with van der Waals surface area (Å²) in [6, 6.07) is 11.4. The van der Waals surface area contributed by atoms with E-state index in [1.165, 1.54) is 13.1 Å². The van der Waals surface area contributed by atoms with Crippen molar-refractivity contribution >= 4 is 17.5 Å². The second-order valence-corrected chi connectivity index (χ2v) is 4.87. The van der Waals surface area contributed by atoms with Crippen LogP contribution in [-0.2, 0) is 6.54 Å². The number of nitrogens with one attached hydrogen (secondary N) is 1. The van der Waals surface area contributed by atoms with Crippen molar-refractivity contribution in [2.24, 2.45) is 0 Å². The Balaban J connectivity index is 1.82. The number of halogens is 1. The number of nitrogens with zero attached hydrogens (tertiary/aromatic N) is 1. The molecule has 0 aliphatic carbocycles. The molecule has 0 spiro atoms. The summed E-state index contributed by atoms with van der Waals surface area (Å²) in [6.45, 7) is 0.309. The van der Waals surface area contributed by atoms with E-state index in [0.717, 1.165) is 4.90 Å². The van der Waals surface area contributed by atoms with Gasteiger partial charge in [0.25, 0.3) is 11.8 Å². The molecule has 0 saturated carbocycles. The molecule has 21 heavy (non-hydrogen) atoms. The highest BCUT2D eigenvalue weighted by molar-refractivity contribution is 6.21. The predicted octanol–water partition coefficient (Wildman–Crippen LogP) is 2.66. The number of amides is 2. The van der Waals surface area contributed by atoms with E-state index in [-0.39, 0.29) is 17.6 Å². The first kappa shape index (κ1) is 13.3. The van der Waals surface area contributed by atoms with E-state index in [2.05, 4.69) is 5.32 Å². The first-order valence-electron chi connectivity index (χ1n) is 6.51. The molecule has 0 aromatic heterocycles. The van der Waals surface area contributed by atoms with Gasteiger partial charge in [0, 0.05) is 24.8 Å². The van der Waals surface area contributed by atoms with E-state index in [9.17, 15) is 14.0 Å². The number of carbonyl (C=O) groups is 2. The van der Waals surface area contributed by atoms with Crippen LogP contribution in [0, 0.1) is 5.82 Å². The van der Waals surface area contributed by atoms with Gasteiger partial charge in [-0.1, -0.05) is 18.2 Å². The van der Waals surface area contributed by atoms with Crippen molar-refractivity contribution in [2.75, 3.05) is 12.4 Å². The van der Waals surface area contributed by atoms with E-state index in [4.69, 9.17) is 0 Å². The molecule has 1 N–H and O–H groups in total. The number of rotatable bonds is 3. The SMILES string of the molecule is CN1C(=O)c2ccc(NCc3ccccc3F)cc2C1=O. The van der Waals surface area contributed by atoms with Gasteiger partial charge in [-0.3, -0.25) is 14.5 Å². The minimum Gasteiger partial charge on any atom is -0.381 e. The Hall–Kier alpha value is -2.69. The molecule has 0 radical (unpaired) electrons. The topological polar surface area (TPSA) is 49.4 Å². The van der Waals surface area contributed by atoms with Gasteiger partial charge in [-0.2, -0.15) is 0 Å². The molecule has 4 nitrogen and oxygen atoms in total. The molecule has 0 atom stereocenters. The number of anilines is 1. The summed E-state index contributed by atoms with van der Waals surface area (Å²) in [7, 11) is 1.46. The zero-order valence-electron chi connectivity index (χ0n) is 11.4. The highest BCUT2D eigenvalue weighted by atomic mass is 19.1. The largest absolute Gasteiger partial charge is 0.381 e. The third-order valence-corrected chi connectivity index (χ3v) is 3.53. The van der Waals surface area contributed by atoms with E-state index >= 15 is 0 Å². The Morgan fingerprint density at radius 3 is 2.52 bits per heavy atom. The Kier molecular flexibility index (Phi) is 3.17. The third kappa shape index (κ3) is 2.27. The molecule has 1 aliphatic rings. The highest BCUT2D eigenvalue weighted by Crippen LogP contribution is 2.25. The van der Waals surface area contributed by atoms with Crippen molar-refractivity contribution in [1.82, 2.24) is 4.90 Å². The normalized spacial score (nSPS) is 13.5. The molecule has 1 aliphatic heterocycles. The van der Waals surface area contributed by atoms with Crippen molar-refractivity contribution in [3.63, 3.8) is 0 Å². The lowest BCUT2D eigenvalue weighted by atomic mass is 10.1. The van der Waals surface area contributed by atoms with Crippen molar-refractivity contribution < 1.29 is 14.0 Å². The maximum absolute atomic E-state index is 13.5. The fourth-order valence-electron chi connectivity index (χ4n) is 2.31. The Bertz CT molecular complexity index is 743. The molecular weight excluding hydrogens is 271 g/mol. The zero-order valence-corrected chi connectivity index (χ0v) is 11.4. The van der Waals surface area contributed by atoms with Crippen molar-refractivity contribution in [1.29, 1.82) is 0 Å². The minimum atomic E-state index is -0.315. The summed E-state index contributed by atoms with van der Waals surface area (Å²) < 4.78 is 13.5. The van der Waals surface area contributed by atoms with Crippen LogP contribution in [0.5, 0.6) is 0 Å². The first-order chi connectivity index (χ1) is 10.1. The molecule has 2 aromatic carbocycles. The lowest BCUT2D eigenvalue weighted by Crippen LogP contribution is -2.24. The molecule has 5 heteroatoms. The molecule has 106 valence electrons. The van der Waals surface area contributed by atoms with Crippen molar-refractivity contribution in [3.8, 4) is 0 Å². The standard InChI is InChI=1S/C16H13FN2O2/c1-19-15(20)12-7-6-11(8-13(12)16(19)21)18-9-10-4-2-3-5-14(10)17/h2-8,18H,9H2,1H3. The van der Waals surface area contributed by atoms with Gasteiger partial charge in [-0.15, -0.1) is 0 Å². The van der Waals surface area contributed by atoms with E-state index in [1.54, 1.807) is 36.4 Å².